The number of nitrogens with one attached hydrogen (secondary N) is 4. The van der Waals surface area contributed by atoms with E-state index in [1.54, 1.807) is 24.3 Å². The lowest BCUT2D eigenvalue weighted by Gasteiger charge is -2.28. The van der Waals surface area contributed by atoms with Crippen LogP contribution in [-0.2, 0) is 24.6 Å². The summed E-state index contributed by atoms with van der Waals surface area (Å²) >= 11 is 0. The minimum atomic E-state index is -1.22. The number of hydrogen-bond donors (Lipinski definition) is 5. The molecular formula is C52H56N8O12. The van der Waals surface area contributed by atoms with Crippen LogP contribution >= 0.6 is 0 Å². The first kappa shape index (κ1) is 52.4. The van der Waals surface area contributed by atoms with Crippen molar-refractivity contribution in [3.05, 3.63) is 210 Å². The maximum absolute atomic E-state index is 14.7. The molecule has 20 heteroatoms. The van der Waals surface area contributed by atoms with Gasteiger partial charge in [0.05, 0.1) is 0 Å². The van der Waals surface area contributed by atoms with Crippen LogP contribution in [0.5, 0.6) is 0 Å². The summed E-state index contributed by atoms with van der Waals surface area (Å²) in [6.07, 6.45) is -0.172. The molecule has 72 heavy (non-hydrogen) atoms. The molecule has 0 radical (unpaired) electrons. The second-order valence-electron chi connectivity index (χ2n) is 16.2. The molecular weight excluding hydrogens is 929 g/mol. The second-order valence-corrected chi connectivity index (χ2v) is 16.2. The maximum atomic E-state index is 14.7. The van der Waals surface area contributed by atoms with Gasteiger partial charge < -0.3 is 45.8 Å². The van der Waals surface area contributed by atoms with Gasteiger partial charge in [0.1, 0.15) is 42.9 Å². The van der Waals surface area contributed by atoms with E-state index in [1.165, 1.54) is 59.5 Å². The van der Waals surface area contributed by atoms with Gasteiger partial charge in [-0.3, -0.25) is 33.6 Å². The van der Waals surface area contributed by atoms with E-state index >= 15 is 0 Å². The SMILES string of the molecule is O=C(O)NCCCC[C@H](NC(=O)c1cccc(=O)n1OCc1ccccc1)C(=O)N(CCCNC(=O)c1cccc(=O)n1OCc1ccccc1)CCCNC(=O)c1cccc(=O)n1OCc1ccccc1. The number of unbranched alkanes of at least 4 members (excludes halogenated alkanes) is 1. The zero-order valence-corrected chi connectivity index (χ0v) is 39.4. The van der Waals surface area contributed by atoms with Crippen LogP contribution < -0.4 is 52.5 Å². The summed E-state index contributed by atoms with van der Waals surface area (Å²) < 4.78 is 2.67. The molecule has 0 aliphatic rings. The zero-order chi connectivity index (χ0) is 51.1. The standard InChI is InChI=1S/C52H56N8O12/c61-45-27-12-24-42(58(45)70-35-38-17-4-1-5-18-38)48(64)53-31-15-33-57(34-16-32-54-49(65)43-25-13-28-46(62)59(43)71-36-39-19-6-2-7-20-39)51(67)41(23-10-11-30-55-52(68)69)56-50(66)44-26-14-29-47(63)60(44)72-37-40-21-8-3-9-22-40/h1-9,12-14,17-22,24-29,41,55H,10-11,15-16,23,30-37H2,(H,53,64)(H,54,65)(H,56,66)(H,68,69)/t41-/m0/s1. The van der Waals surface area contributed by atoms with Crippen LogP contribution in [-0.4, -0.2) is 92.7 Å². The van der Waals surface area contributed by atoms with Gasteiger partial charge in [-0.25, -0.2) is 4.79 Å². The van der Waals surface area contributed by atoms with Crippen molar-refractivity contribution in [2.45, 2.75) is 58.0 Å². The topological polar surface area (TPSA) is 251 Å². The molecule has 0 bridgehead atoms. The highest BCUT2D eigenvalue weighted by molar-refractivity contribution is 5.96. The van der Waals surface area contributed by atoms with Gasteiger partial charge in [-0.05, 0) is 67.0 Å². The largest absolute Gasteiger partial charge is 0.465 e. The van der Waals surface area contributed by atoms with Gasteiger partial charge >= 0.3 is 6.09 Å². The van der Waals surface area contributed by atoms with Crippen LogP contribution in [0.3, 0.4) is 0 Å². The fourth-order valence-electron chi connectivity index (χ4n) is 7.31. The quantitative estimate of drug-likeness (QED) is 0.0468. The summed E-state index contributed by atoms with van der Waals surface area (Å²) in [7, 11) is 0. The number of rotatable bonds is 27. The number of carbonyl (C=O) groups is 5. The molecule has 1 atom stereocenters. The molecule has 5 amide bonds. The third-order valence-electron chi connectivity index (χ3n) is 10.9. The highest BCUT2D eigenvalue weighted by atomic mass is 16.7. The maximum Gasteiger partial charge on any atom is 0.404 e. The molecule has 0 aliphatic heterocycles. The lowest BCUT2D eigenvalue weighted by atomic mass is 10.1. The van der Waals surface area contributed by atoms with Gasteiger partial charge in [0, 0.05) is 50.9 Å². The van der Waals surface area contributed by atoms with E-state index in [9.17, 15) is 38.4 Å². The fourth-order valence-corrected chi connectivity index (χ4v) is 7.31. The third-order valence-corrected chi connectivity index (χ3v) is 10.9. The van der Waals surface area contributed by atoms with Gasteiger partial charge in [0.15, 0.2) is 0 Å². The second kappa shape index (κ2) is 27.3. The van der Waals surface area contributed by atoms with Crippen molar-refractivity contribution in [2.75, 3.05) is 32.7 Å². The van der Waals surface area contributed by atoms with Crippen molar-refractivity contribution in [1.82, 2.24) is 40.4 Å². The smallest absolute Gasteiger partial charge is 0.404 e. The molecule has 6 rings (SSSR count). The van der Waals surface area contributed by atoms with Gasteiger partial charge in [-0.15, -0.1) is 14.2 Å². The highest BCUT2D eigenvalue weighted by Crippen LogP contribution is 2.11. The summed E-state index contributed by atoms with van der Waals surface area (Å²) in [6.45, 7) is 0.209. The van der Waals surface area contributed by atoms with E-state index < -0.39 is 52.4 Å². The van der Waals surface area contributed by atoms with Crippen molar-refractivity contribution in [2.24, 2.45) is 0 Å². The summed E-state index contributed by atoms with van der Waals surface area (Å²) in [5.74, 6) is -2.57. The third kappa shape index (κ3) is 15.8. The first-order valence-electron chi connectivity index (χ1n) is 23.3. The van der Waals surface area contributed by atoms with Gasteiger partial charge in [-0.1, -0.05) is 109 Å². The lowest BCUT2D eigenvalue weighted by Crippen LogP contribution is -2.50. The first-order chi connectivity index (χ1) is 35.0. The Labute approximate surface area is 413 Å². The Morgan fingerprint density at radius 1 is 0.458 bits per heavy atom. The van der Waals surface area contributed by atoms with Gasteiger partial charge in [0.25, 0.3) is 34.4 Å². The molecule has 0 spiro atoms. The van der Waals surface area contributed by atoms with Crippen molar-refractivity contribution in [3.63, 3.8) is 0 Å². The molecule has 0 saturated carbocycles. The Kier molecular flexibility index (Phi) is 19.9. The number of carboxylic acid groups (broad SMARTS) is 1. The summed E-state index contributed by atoms with van der Waals surface area (Å²) in [4.78, 5) is 124. The first-order valence-corrected chi connectivity index (χ1v) is 23.3. The summed E-state index contributed by atoms with van der Waals surface area (Å²) in [5, 5.41) is 19.7. The van der Waals surface area contributed by atoms with Crippen LogP contribution in [0.2, 0.25) is 0 Å². The Morgan fingerprint density at radius 2 is 0.833 bits per heavy atom. The summed E-state index contributed by atoms with van der Waals surface area (Å²) in [5.41, 5.74) is 0.259. The molecule has 0 saturated heterocycles. The van der Waals surface area contributed by atoms with Crippen LogP contribution in [0.25, 0.3) is 0 Å². The minimum Gasteiger partial charge on any atom is -0.465 e. The lowest BCUT2D eigenvalue weighted by molar-refractivity contribution is -0.133. The molecule has 3 aromatic heterocycles. The number of aromatic nitrogens is 3. The zero-order valence-electron chi connectivity index (χ0n) is 39.4. The monoisotopic (exact) mass is 984 g/mol. The van der Waals surface area contributed by atoms with Crippen LogP contribution in [0.15, 0.2) is 160 Å². The Bertz CT molecular complexity index is 2810. The summed E-state index contributed by atoms with van der Waals surface area (Å²) in [6, 6.07) is 38.3. The van der Waals surface area contributed by atoms with E-state index in [0.717, 1.165) is 30.9 Å². The van der Waals surface area contributed by atoms with Crippen LogP contribution in [0.4, 0.5) is 4.79 Å². The van der Waals surface area contributed by atoms with Crippen LogP contribution in [0, 0.1) is 0 Å². The fraction of sp³-hybridized carbons (Fsp3) is 0.269. The van der Waals surface area contributed by atoms with E-state index in [1.807, 2.05) is 66.7 Å². The molecule has 0 unspecified atom stereocenters. The molecule has 0 fully saturated rings. The molecule has 3 aromatic carbocycles. The van der Waals surface area contributed by atoms with Crippen molar-refractivity contribution in [3.8, 4) is 0 Å². The highest BCUT2D eigenvalue weighted by Gasteiger charge is 2.28. The average molecular weight is 985 g/mol. The predicted molar refractivity (Wildman–Crippen MR) is 264 cm³/mol. The van der Waals surface area contributed by atoms with Crippen molar-refractivity contribution in [1.29, 1.82) is 0 Å². The molecule has 0 aliphatic carbocycles. The van der Waals surface area contributed by atoms with Crippen molar-refractivity contribution >= 4 is 29.7 Å². The predicted octanol–water partition coefficient (Wildman–Crippen LogP) is 3.06. The van der Waals surface area contributed by atoms with E-state index in [0.29, 0.717) is 12.8 Å². The van der Waals surface area contributed by atoms with E-state index in [-0.39, 0.29) is 88.9 Å². The van der Waals surface area contributed by atoms with Gasteiger partial charge in [0.2, 0.25) is 5.91 Å². The normalized spacial score (nSPS) is 11.1. The molecule has 3 heterocycles. The number of hydrogen-bond acceptors (Lipinski definition) is 11. The number of amides is 5. The average Bonchev–Trinajstić information content (AvgIpc) is 3.39. The Morgan fingerprint density at radius 3 is 1.22 bits per heavy atom. The number of benzene rings is 3. The van der Waals surface area contributed by atoms with E-state index in [2.05, 4.69) is 21.3 Å². The van der Waals surface area contributed by atoms with Gasteiger partial charge in [-0.2, -0.15) is 0 Å². The molecule has 6 aromatic rings. The van der Waals surface area contributed by atoms with Crippen LogP contribution in [0.1, 0.15) is 80.3 Å². The number of pyridine rings is 3. The minimum absolute atomic E-state index is 0.0203. The Balaban J connectivity index is 1.18. The Hall–Kier alpha value is -8.94. The van der Waals surface area contributed by atoms with E-state index in [4.69, 9.17) is 19.6 Å². The number of carbonyl (C=O) groups excluding carboxylic acids is 4. The molecule has 5 N–H and O–H groups in total. The molecule has 20 nitrogen and oxygen atoms in total. The molecule has 376 valence electrons. The van der Waals surface area contributed by atoms with Crippen molar-refractivity contribution < 1.29 is 43.6 Å². The number of nitrogens with zero attached hydrogens (tertiary/aromatic N) is 4.